The third-order valence-corrected chi connectivity index (χ3v) is 4.98. The van der Waals surface area contributed by atoms with Gasteiger partial charge in [0, 0.05) is 22.5 Å². The molecule has 28 heavy (non-hydrogen) atoms. The number of phenols is 1. The third kappa shape index (κ3) is 2.29. The molecule has 0 saturated heterocycles. The molecule has 0 bridgehead atoms. The van der Waals surface area contributed by atoms with Crippen LogP contribution in [0.1, 0.15) is 26.4 Å². The van der Waals surface area contributed by atoms with Gasteiger partial charge in [0.15, 0.2) is 5.76 Å². The van der Waals surface area contributed by atoms with Crippen LogP contribution in [0.25, 0.3) is 17.0 Å². The van der Waals surface area contributed by atoms with Crippen LogP contribution in [0, 0.1) is 0 Å². The van der Waals surface area contributed by atoms with Crippen molar-refractivity contribution < 1.29 is 28.9 Å². The second-order valence-corrected chi connectivity index (χ2v) is 6.55. The average molecular weight is 377 g/mol. The average Bonchev–Trinajstić information content (AvgIpc) is 3.17. The number of methoxy groups -OCH3 is 1. The number of fused-ring (bicyclic) bond motifs is 4. The second-order valence-electron chi connectivity index (χ2n) is 6.55. The summed E-state index contributed by atoms with van der Waals surface area (Å²) in [5, 5.41) is 10.4. The van der Waals surface area contributed by atoms with Gasteiger partial charge in [-0.3, -0.25) is 4.79 Å². The van der Waals surface area contributed by atoms with Gasteiger partial charge >= 0.3 is 5.97 Å². The molecule has 7 heteroatoms. The van der Waals surface area contributed by atoms with Crippen LogP contribution in [0.2, 0.25) is 0 Å². The zero-order chi connectivity index (χ0) is 19.4. The fourth-order valence-electron chi connectivity index (χ4n) is 3.69. The number of ketones is 1. The van der Waals surface area contributed by atoms with Gasteiger partial charge in [0.05, 0.1) is 19.2 Å². The van der Waals surface area contributed by atoms with E-state index in [0.29, 0.717) is 29.1 Å². The highest BCUT2D eigenvalue weighted by Crippen LogP contribution is 2.37. The number of hydrogen-bond acceptors (Lipinski definition) is 6. The Hall–Kier alpha value is -3.74. The third-order valence-electron chi connectivity index (χ3n) is 4.98. The SMILES string of the molecule is COc1ccc2c(c1)c(/C=C1\Oc3cc(O)ccc3C1=O)c1n2CCOC1=O. The molecule has 1 N–H and O–H groups in total. The van der Waals surface area contributed by atoms with E-state index in [2.05, 4.69) is 0 Å². The fourth-order valence-corrected chi connectivity index (χ4v) is 3.69. The van der Waals surface area contributed by atoms with Crippen molar-refractivity contribution in [2.24, 2.45) is 0 Å². The van der Waals surface area contributed by atoms with E-state index in [1.807, 2.05) is 22.8 Å². The Labute approximate surface area is 159 Å². The Kier molecular flexibility index (Phi) is 3.45. The van der Waals surface area contributed by atoms with E-state index in [9.17, 15) is 14.7 Å². The lowest BCUT2D eigenvalue weighted by Crippen LogP contribution is -2.23. The van der Waals surface area contributed by atoms with E-state index >= 15 is 0 Å². The monoisotopic (exact) mass is 377 g/mol. The largest absolute Gasteiger partial charge is 0.508 e. The van der Waals surface area contributed by atoms with Gasteiger partial charge in [-0.05, 0) is 36.4 Å². The number of hydrogen-bond donors (Lipinski definition) is 1. The molecule has 2 aliphatic heterocycles. The highest BCUT2D eigenvalue weighted by Gasteiger charge is 2.31. The number of benzene rings is 2. The Morgan fingerprint density at radius 2 is 2.04 bits per heavy atom. The first kappa shape index (κ1) is 16.4. The van der Waals surface area contributed by atoms with Crippen molar-refractivity contribution in [2.45, 2.75) is 6.54 Å². The van der Waals surface area contributed by atoms with Crippen molar-refractivity contribution in [1.29, 1.82) is 0 Å². The molecule has 1 aromatic heterocycles. The van der Waals surface area contributed by atoms with Crippen LogP contribution in [0.4, 0.5) is 0 Å². The van der Waals surface area contributed by atoms with E-state index in [4.69, 9.17) is 14.2 Å². The summed E-state index contributed by atoms with van der Waals surface area (Å²) in [7, 11) is 1.57. The van der Waals surface area contributed by atoms with Crippen molar-refractivity contribution in [2.75, 3.05) is 13.7 Å². The number of carbonyl (C=O) groups is 2. The summed E-state index contributed by atoms with van der Waals surface area (Å²) in [5.74, 6) is 0.248. The van der Waals surface area contributed by atoms with E-state index in [1.165, 1.54) is 18.2 Å². The molecule has 140 valence electrons. The maximum atomic E-state index is 12.7. The number of aromatic nitrogens is 1. The molecule has 0 atom stereocenters. The van der Waals surface area contributed by atoms with Crippen LogP contribution in [-0.4, -0.2) is 35.1 Å². The first-order chi connectivity index (χ1) is 13.6. The van der Waals surface area contributed by atoms with Crippen LogP contribution < -0.4 is 9.47 Å². The molecule has 3 aromatic rings. The number of allylic oxidation sites excluding steroid dienone is 1. The van der Waals surface area contributed by atoms with Crippen LogP contribution >= 0.6 is 0 Å². The highest BCUT2D eigenvalue weighted by atomic mass is 16.5. The maximum absolute atomic E-state index is 12.7. The Morgan fingerprint density at radius 3 is 2.86 bits per heavy atom. The van der Waals surface area contributed by atoms with Crippen molar-refractivity contribution in [3.63, 3.8) is 0 Å². The number of esters is 1. The molecule has 0 fully saturated rings. The molecule has 0 saturated carbocycles. The lowest BCUT2D eigenvalue weighted by atomic mass is 10.1. The van der Waals surface area contributed by atoms with E-state index in [-0.39, 0.29) is 29.6 Å². The summed E-state index contributed by atoms with van der Waals surface area (Å²) in [5.41, 5.74) is 2.12. The summed E-state index contributed by atoms with van der Waals surface area (Å²) in [4.78, 5) is 25.2. The minimum absolute atomic E-state index is 0.00723. The molecule has 0 amide bonds. The first-order valence-electron chi connectivity index (χ1n) is 8.71. The zero-order valence-electron chi connectivity index (χ0n) is 14.9. The number of Topliss-reactive ketones (excluding diaryl/α,β-unsaturated/α-hetero) is 1. The van der Waals surface area contributed by atoms with Gasteiger partial charge in [0.1, 0.15) is 29.5 Å². The normalized spacial score (nSPS) is 16.7. The second kappa shape index (κ2) is 5.88. The summed E-state index contributed by atoms with van der Waals surface area (Å²) in [6.45, 7) is 0.813. The Balaban J connectivity index is 1.73. The number of ether oxygens (including phenoxy) is 3. The molecule has 0 unspecified atom stereocenters. The number of nitrogens with zero attached hydrogens (tertiary/aromatic N) is 1. The van der Waals surface area contributed by atoms with Gasteiger partial charge in [0.25, 0.3) is 0 Å². The van der Waals surface area contributed by atoms with Crippen LogP contribution in [-0.2, 0) is 11.3 Å². The number of rotatable bonds is 2. The van der Waals surface area contributed by atoms with E-state index in [0.717, 1.165) is 10.9 Å². The summed E-state index contributed by atoms with van der Waals surface area (Å²) in [6.07, 6.45) is 1.56. The van der Waals surface area contributed by atoms with Gasteiger partial charge in [-0.15, -0.1) is 0 Å². The first-order valence-corrected chi connectivity index (χ1v) is 8.71. The molecule has 3 heterocycles. The molecule has 0 radical (unpaired) electrons. The van der Waals surface area contributed by atoms with Crippen LogP contribution in [0.3, 0.4) is 0 Å². The van der Waals surface area contributed by atoms with Gasteiger partial charge in [-0.25, -0.2) is 4.79 Å². The lowest BCUT2D eigenvalue weighted by molar-refractivity contribution is 0.0425. The Bertz CT molecular complexity index is 1200. The quantitative estimate of drug-likeness (QED) is 0.545. The summed E-state index contributed by atoms with van der Waals surface area (Å²) in [6, 6.07) is 9.85. The van der Waals surface area contributed by atoms with Gasteiger partial charge in [-0.2, -0.15) is 0 Å². The molecule has 2 aromatic carbocycles. The van der Waals surface area contributed by atoms with Gasteiger partial charge in [0.2, 0.25) is 5.78 Å². The molecule has 7 nitrogen and oxygen atoms in total. The van der Waals surface area contributed by atoms with Crippen molar-refractivity contribution >= 4 is 28.7 Å². The number of cyclic esters (lactones) is 1. The summed E-state index contributed by atoms with van der Waals surface area (Å²) < 4.78 is 18.1. The van der Waals surface area contributed by atoms with Crippen molar-refractivity contribution in [1.82, 2.24) is 4.57 Å². The smallest absolute Gasteiger partial charge is 0.355 e. The Morgan fingerprint density at radius 1 is 1.18 bits per heavy atom. The molecular weight excluding hydrogens is 362 g/mol. The molecule has 2 aliphatic rings. The van der Waals surface area contributed by atoms with Crippen molar-refractivity contribution in [3.05, 3.63) is 59.0 Å². The van der Waals surface area contributed by atoms with Crippen molar-refractivity contribution in [3.8, 4) is 17.2 Å². The topological polar surface area (TPSA) is 87.0 Å². The molecule has 5 rings (SSSR count). The van der Waals surface area contributed by atoms with Gasteiger partial charge in [-0.1, -0.05) is 0 Å². The standard InChI is InChI=1S/C21H15NO6/c1-26-12-3-5-16-14(9-12)15(19-21(25)27-7-6-22(16)19)10-18-20(24)13-4-2-11(23)8-17(13)28-18/h2-5,8-10,23H,6-7H2,1H3/b18-10-. The van der Waals surface area contributed by atoms with E-state index in [1.54, 1.807) is 13.2 Å². The number of aromatic hydroxyl groups is 1. The molecule has 0 aliphatic carbocycles. The van der Waals surface area contributed by atoms with Gasteiger partial charge < -0.3 is 23.9 Å². The number of phenolic OH excluding ortho intramolecular Hbond substituents is 1. The predicted molar refractivity (Wildman–Crippen MR) is 99.8 cm³/mol. The maximum Gasteiger partial charge on any atom is 0.355 e. The lowest BCUT2D eigenvalue weighted by Gasteiger charge is -2.16. The molecular formula is C21H15NO6. The zero-order valence-corrected chi connectivity index (χ0v) is 14.9. The van der Waals surface area contributed by atoms with E-state index < -0.39 is 5.97 Å². The number of carbonyl (C=O) groups excluding carboxylic acids is 2. The van der Waals surface area contributed by atoms with Crippen LogP contribution in [0.5, 0.6) is 17.2 Å². The predicted octanol–water partition coefficient (Wildman–Crippen LogP) is 3.14. The minimum atomic E-state index is -0.450. The minimum Gasteiger partial charge on any atom is -0.508 e. The fraction of sp³-hybridized carbons (Fsp3) is 0.143. The highest BCUT2D eigenvalue weighted by molar-refractivity contribution is 6.16. The summed E-state index contributed by atoms with van der Waals surface area (Å²) >= 11 is 0. The van der Waals surface area contributed by atoms with Crippen LogP contribution in [0.15, 0.2) is 42.2 Å². The molecule has 0 spiro atoms.